The molecule has 1 heterocycles. The molecule has 0 atom stereocenters. The highest BCUT2D eigenvalue weighted by Gasteiger charge is 2.30. The number of aromatic nitrogens is 1. The maximum atomic E-state index is 12.8. The average molecular weight is 302 g/mol. The Balaban J connectivity index is 2.06. The third-order valence-corrected chi connectivity index (χ3v) is 3.48. The summed E-state index contributed by atoms with van der Waals surface area (Å²) in [6.45, 7) is 1.97. The molecule has 1 aromatic heterocycles. The van der Waals surface area contributed by atoms with Crippen molar-refractivity contribution in [2.75, 3.05) is 5.32 Å². The Bertz CT molecular complexity index is 825. The summed E-state index contributed by atoms with van der Waals surface area (Å²) in [6, 6.07) is 13.1. The topological polar surface area (TPSA) is 24.9 Å². The highest BCUT2D eigenvalue weighted by molar-refractivity contribution is 5.93. The van der Waals surface area contributed by atoms with Gasteiger partial charge in [-0.3, -0.25) is 4.98 Å². The molecule has 0 radical (unpaired) electrons. The molecule has 22 heavy (non-hydrogen) atoms. The van der Waals surface area contributed by atoms with Crippen LogP contribution in [0.1, 0.15) is 11.1 Å². The third-order valence-electron chi connectivity index (χ3n) is 3.48. The Morgan fingerprint density at radius 1 is 0.955 bits per heavy atom. The van der Waals surface area contributed by atoms with Crippen molar-refractivity contribution >= 4 is 22.3 Å². The third kappa shape index (κ3) is 2.74. The number of halogens is 3. The second-order valence-corrected chi connectivity index (χ2v) is 5.03. The normalized spacial score (nSPS) is 11.6. The van der Waals surface area contributed by atoms with Crippen molar-refractivity contribution < 1.29 is 13.2 Å². The average Bonchev–Trinajstić information content (AvgIpc) is 2.48. The maximum absolute atomic E-state index is 12.8. The molecular formula is C17H13F3N2. The summed E-state index contributed by atoms with van der Waals surface area (Å²) in [6.07, 6.45) is -2.86. The van der Waals surface area contributed by atoms with Crippen molar-refractivity contribution in [3.8, 4) is 0 Å². The van der Waals surface area contributed by atoms with Gasteiger partial charge in [-0.25, -0.2) is 0 Å². The van der Waals surface area contributed by atoms with Gasteiger partial charge in [-0.2, -0.15) is 13.2 Å². The van der Waals surface area contributed by atoms with Crippen LogP contribution in [0.3, 0.4) is 0 Å². The first-order valence-corrected chi connectivity index (χ1v) is 6.74. The lowest BCUT2D eigenvalue weighted by molar-refractivity contribution is -0.137. The van der Waals surface area contributed by atoms with Crippen LogP contribution in [-0.2, 0) is 6.18 Å². The van der Waals surface area contributed by atoms with Crippen molar-refractivity contribution in [1.82, 2.24) is 4.98 Å². The predicted molar refractivity (Wildman–Crippen MR) is 81.2 cm³/mol. The van der Waals surface area contributed by atoms with Crippen molar-refractivity contribution in [3.63, 3.8) is 0 Å². The fourth-order valence-corrected chi connectivity index (χ4v) is 2.29. The molecule has 0 spiro atoms. The number of benzene rings is 2. The van der Waals surface area contributed by atoms with Gasteiger partial charge in [0.05, 0.1) is 11.1 Å². The van der Waals surface area contributed by atoms with Crippen LogP contribution >= 0.6 is 0 Å². The van der Waals surface area contributed by atoms with Gasteiger partial charge in [0.1, 0.15) is 0 Å². The van der Waals surface area contributed by atoms with E-state index in [1.54, 1.807) is 6.07 Å². The number of nitrogens with zero attached hydrogens (tertiary/aromatic N) is 1. The minimum absolute atomic E-state index is 0.313. The van der Waals surface area contributed by atoms with Gasteiger partial charge in [-0.05, 0) is 36.8 Å². The van der Waals surface area contributed by atoms with E-state index in [9.17, 15) is 13.2 Å². The number of hydrogen-bond donors (Lipinski definition) is 1. The molecule has 3 rings (SSSR count). The summed E-state index contributed by atoms with van der Waals surface area (Å²) >= 11 is 0. The maximum Gasteiger partial charge on any atom is 0.416 e. The van der Waals surface area contributed by atoms with Crippen LogP contribution in [0.4, 0.5) is 24.5 Å². The molecule has 0 amide bonds. The van der Waals surface area contributed by atoms with Crippen LogP contribution in [0.2, 0.25) is 0 Å². The molecule has 0 fully saturated rings. The second kappa shape index (κ2) is 5.33. The summed E-state index contributed by atoms with van der Waals surface area (Å²) < 4.78 is 38.3. The quantitative estimate of drug-likeness (QED) is 0.694. The van der Waals surface area contributed by atoms with E-state index >= 15 is 0 Å². The molecule has 3 aromatic rings. The summed E-state index contributed by atoms with van der Waals surface area (Å²) in [5.74, 6) is 0. The van der Waals surface area contributed by atoms with Crippen LogP contribution in [0.15, 0.2) is 54.7 Å². The molecule has 0 bridgehead atoms. The number of nitrogens with one attached hydrogen (secondary N) is 1. The molecule has 0 saturated heterocycles. The Morgan fingerprint density at radius 2 is 1.73 bits per heavy atom. The minimum atomic E-state index is -4.37. The molecule has 112 valence electrons. The zero-order valence-electron chi connectivity index (χ0n) is 11.8. The van der Waals surface area contributed by atoms with E-state index < -0.39 is 11.7 Å². The molecule has 0 saturated carbocycles. The summed E-state index contributed by atoms with van der Waals surface area (Å²) in [7, 11) is 0. The summed E-state index contributed by atoms with van der Waals surface area (Å²) in [4.78, 5) is 4.04. The molecule has 2 aromatic carbocycles. The molecule has 0 aliphatic rings. The predicted octanol–water partition coefficient (Wildman–Crippen LogP) is 5.31. The molecule has 0 unspecified atom stereocenters. The molecule has 2 nitrogen and oxygen atoms in total. The van der Waals surface area contributed by atoms with E-state index in [0.717, 1.165) is 29.1 Å². The monoisotopic (exact) mass is 302 g/mol. The van der Waals surface area contributed by atoms with Gasteiger partial charge >= 0.3 is 6.18 Å². The fourth-order valence-electron chi connectivity index (χ4n) is 2.29. The molecule has 0 aliphatic heterocycles. The molecule has 0 aliphatic carbocycles. The van der Waals surface area contributed by atoms with E-state index in [-0.39, 0.29) is 0 Å². The first-order valence-electron chi connectivity index (χ1n) is 6.74. The zero-order chi connectivity index (χ0) is 15.7. The van der Waals surface area contributed by atoms with Gasteiger partial charge in [0.25, 0.3) is 0 Å². The van der Waals surface area contributed by atoms with E-state index in [1.165, 1.54) is 12.3 Å². The first-order chi connectivity index (χ1) is 10.4. The minimum Gasteiger partial charge on any atom is -0.355 e. The number of alkyl halides is 3. The number of fused-ring (bicyclic) bond motifs is 1. The van der Waals surface area contributed by atoms with Crippen molar-refractivity contribution in [3.05, 3.63) is 65.9 Å². The van der Waals surface area contributed by atoms with Gasteiger partial charge in [-0.15, -0.1) is 0 Å². The smallest absolute Gasteiger partial charge is 0.355 e. The van der Waals surface area contributed by atoms with E-state index in [2.05, 4.69) is 10.3 Å². The van der Waals surface area contributed by atoms with Crippen molar-refractivity contribution in [2.24, 2.45) is 0 Å². The van der Waals surface area contributed by atoms with Gasteiger partial charge in [-0.1, -0.05) is 24.3 Å². The zero-order valence-corrected chi connectivity index (χ0v) is 11.8. The lowest BCUT2D eigenvalue weighted by Gasteiger charge is -2.13. The highest BCUT2D eigenvalue weighted by Crippen LogP contribution is 2.33. The standard InChI is InChI=1S/C17H13F3N2/c1-11-4-2-3-5-14(11)22-15-8-9-21-16-10-12(17(18,19)20)6-7-13(15)16/h2-10H,1H3,(H,21,22). The molecule has 1 N–H and O–H groups in total. The second-order valence-electron chi connectivity index (χ2n) is 5.03. The van der Waals surface area contributed by atoms with Gasteiger partial charge in [0.2, 0.25) is 0 Å². The number of aryl methyl sites for hydroxylation is 1. The molecular weight excluding hydrogens is 289 g/mol. The largest absolute Gasteiger partial charge is 0.416 e. The van der Waals surface area contributed by atoms with Gasteiger partial charge < -0.3 is 5.32 Å². The highest BCUT2D eigenvalue weighted by atomic mass is 19.4. The van der Waals surface area contributed by atoms with E-state index in [4.69, 9.17) is 0 Å². The fraction of sp³-hybridized carbons (Fsp3) is 0.118. The SMILES string of the molecule is Cc1ccccc1Nc1ccnc2cc(C(F)(F)F)ccc12. The van der Waals surface area contributed by atoms with Crippen LogP contribution in [-0.4, -0.2) is 4.98 Å². The van der Waals surface area contributed by atoms with Gasteiger partial charge in [0, 0.05) is 23.0 Å². The Kier molecular flexibility index (Phi) is 3.48. The number of hydrogen-bond acceptors (Lipinski definition) is 2. The van der Waals surface area contributed by atoms with E-state index in [1.807, 2.05) is 31.2 Å². The first kappa shape index (κ1) is 14.4. The van der Waals surface area contributed by atoms with Crippen LogP contribution in [0.5, 0.6) is 0 Å². The van der Waals surface area contributed by atoms with Crippen molar-refractivity contribution in [1.29, 1.82) is 0 Å². The Morgan fingerprint density at radius 3 is 2.45 bits per heavy atom. The Hall–Kier alpha value is -2.56. The lowest BCUT2D eigenvalue weighted by Crippen LogP contribution is -2.04. The van der Waals surface area contributed by atoms with E-state index in [0.29, 0.717) is 10.9 Å². The van der Waals surface area contributed by atoms with Crippen LogP contribution < -0.4 is 5.32 Å². The van der Waals surface area contributed by atoms with Crippen molar-refractivity contribution in [2.45, 2.75) is 13.1 Å². The number of anilines is 2. The van der Waals surface area contributed by atoms with Crippen LogP contribution in [0, 0.1) is 6.92 Å². The Labute approximate surface area is 125 Å². The summed E-state index contributed by atoms with van der Waals surface area (Å²) in [5, 5.41) is 3.90. The molecule has 5 heteroatoms. The van der Waals surface area contributed by atoms with Gasteiger partial charge in [0.15, 0.2) is 0 Å². The number of para-hydroxylation sites is 1. The summed E-state index contributed by atoms with van der Waals surface area (Å²) in [5.41, 5.74) is 2.32. The number of pyridine rings is 1. The van der Waals surface area contributed by atoms with Crippen LogP contribution in [0.25, 0.3) is 10.9 Å². The number of rotatable bonds is 2. The lowest BCUT2D eigenvalue weighted by atomic mass is 10.1.